The van der Waals surface area contributed by atoms with E-state index in [4.69, 9.17) is 11.6 Å². The number of carbonyl (C=O) groups is 1. The van der Waals surface area contributed by atoms with Gasteiger partial charge in [0.25, 0.3) is 15.9 Å². The summed E-state index contributed by atoms with van der Waals surface area (Å²) in [5.41, 5.74) is 2.27. The zero-order valence-corrected chi connectivity index (χ0v) is 21.0. The Morgan fingerprint density at radius 2 is 1.83 bits per heavy atom. The van der Waals surface area contributed by atoms with Gasteiger partial charge in [0.2, 0.25) is 5.82 Å². The zero-order chi connectivity index (χ0) is 24.7. The Hall–Kier alpha value is -3.12. The van der Waals surface area contributed by atoms with Crippen LogP contribution in [-0.2, 0) is 10.0 Å². The number of rotatable bonds is 4. The summed E-state index contributed by atoms with van der Waals surface area (Å²) in [4.78, 5) is 22.9. The molecule has 35 heavy (non-hydrogen) atoms. The van der Waals surface area contributed by atoms with Crippen LogP contribution in [0.3, 0.4) is 0 Å². The quantitative estimate of drug-likeness (QED) is 0.297. The first-order valence-corrected chi connectivity index (χ1v) is 13.4. The summed E-state index contributed by atoms with van der Waals surface area (Å²) in [5, 5.41) is 12.8. The first-order valence-electron chi connectivity index (χ1n) is 10.7. The summed E-state index contributed by atoms with van der Waals surface area (Å²) < 4.78 is 29.5. The van der Waals surface area contributed by atoms with E-state index in [1.807, 2.05) is 6.92 Å². The molecule has 0 aliphatic carbocycles. The van der Waals surface area contributed by atoms with E-state index in [1.54, 1.807) is 47.6 Å². The van der Waals surface area contributed by atoms with E-state index in [0.29, 0.717) is 15.3 Å². The molecule has 0 radical (unpaired) electrons. The number of nitrogens with zero attached hydrogens (tertiary/aromatic N) is 5. The van der Waals surface area contributed by atoms with Crippen LogP contribution in [-0.4, -0.2) is 59.7 Å². The summed E-state index contributed by atoms with van der Waals surface area (Å²) in [6, 6.07) is 8.61. The van der Waals surface area contributed by atoms with Crippen molar-refractivity contribution in [3.05, 3.63) is 76.7 Å². The molecule has 1 amide bonds. The molecule has 1 saturated heterocycles. The van der Waals surface area contributed by atoms with Crippen LogP contribution in [0.1, 0.15) is 16.2 Å². The van der Waals surface area contributed by atoms with E-state index in [1.165, 1.54) is 28.0 Å². The van der Waals surface area contributed by atoms with E-state index in [0.717, 1.165) is 21.2 Å². The van der Waals surface area contributed by atoms with Crippen LogP contribution in [0.5, 0.6) is 0 Å². The molecule has 1 fully saturated rings. The van der Waals surface area contributed by atoms with Gasteiger partial charge in [0.05, 0.1) is 0 Å². The van der Waals surface area contributed by atoms with Gasteiger partial charge in [-0.2, -0.15) is 9.04 Å². The minimum absolute atomic E-state index is 0.0407. The fourth-order valence-corrected chi connectivity index (χ4v) is 7.24. The molecule has 9 nitrogen and oxygen atoms in total. The van der Waals surface area contributed by atoms with Crippen molar-refractivity contribution in [3.63, 3.8) is 0 Å². The number of hydrogen-bond donors (Lipinski definition) is 0. The van der Waals surface area contributed by atoms with Gasteiger partial charge in [0.1, 0.15) is 4.21 Å². The Bertz CT molecular complexity index is 1530. The predicted molar refractivity (Wildman–Crippen MR) is 133 cm³/mol. The lowest BCUT2D eigenvalue weighted by atomic mass is 10.1. The van der Waals surface area contributed by atoms with E-state index in [9.17, 15) is 18.4 Å². The third-order valence-electron chi connectivity index (χ3n) is 5.87. The Morgan fingerprint density at radius 1 is 1.11 bits per heavy atom. The van der Waals surface area contributed by atoms with Crippen LogP contribution in [0.25, 0.3) is 21.2 Å². The highest BCUT2D eigenvalue weighted by Crippen LogP contribution is 2.33. The molecule has 0 spiro atoms. The highest BCUT2D eigenvalue weighted by molar-refractivity contribution is 7.91. The van der Waals surface area contributed by atoms with Gasteiger partial charge < -0.3 is 10.1 Å². The number of thiophene rings is 1. The number of piperazine rings is 1. The van der Waals surface area contributed by atoms with Crippen molar-refractivity contribution in [2.75, 3.05) is 26.2 Å². The minimum atomic E-state index is -3.68. The molecule has 0 bridgehead atoms. The van der Waals surface area contributed by atoms with Crippen LogP contribution >= 0.6 is 22.9 Å². The van der Waals surface area contributed by atoms with Gasteiger partial charge in [-0.05, 0) is 36.1 Å². The van der Waals surface area contributed by atoms with E-state index in [2.05, 4.69) is 9.97 Å². The Labute approximate surface area is 210 Å². The number of halogens is 1. The van der Waals surface area contributed by atoms with Crippen molar-refractivity contribution in [2.45, 2.75) is 11.1 Å². The second-order valence-electron chi connectivity index (χ2n) is 8.14. The number of sulfonamides is 1. The van der Waals surface area contributed by atoms with Crippen LogP contribution in [0.15, 0.2) is 59.3 Å². The molecular weight excluding hydrogens is 510 g/mol. The zero-order valence-electron chi connectivity index (χ0n) is 18.6. The molecule has 0 unspecified atom stereocenters. The molecule has 5 rings (SSSR count). The standard InChI is InChI=1S/C23H20ClN5O4S2/c1-15-14-28(31)5-4-19(15)17-12-25-22(26-13-17)23(30)27-6-8-29(9-7-27)35(32,33)21-10-16-2-3-18(24)11-20(16)34-21/h2-5,10-14H,6-9H2,1H3. The number of amides is 1. The summed E-state index contributed by atoms with van der Waals surface area (Å²) in [5.74, 6) is -0.314. The third kappa shape index (κ3) is 4.59. The van der Waals surface area contributed by atoms with Crippen LogP contribution in [0.2, 0.25) is 5.02 Å². The van der Waals surface area contributed by atoms with Crippen molar-refractivity contribution < 1.29 is 17.9 Å². The van der Waals surface area contributed by atoms with Crippen LogP contribution in [0.4, 0.5) is 0 Å². The number of fused-ring (bicyclic) bond motifs is 1. The number of benzene rings is 1. The minimum Gasteiger partial charge on any atom is -0.619 e. The van der Waals surface area contributed by atoms with Crippen molar-refractivity contribution in [2.24, 2.45) is 0 Å². The SMILES string of the molecule is Cc1c[n+]([O-])ccc1-c1cnc(C(=O)N2CCN(S(=O)(=O)c3cc4ccc(Cl)cc4s3)CC2)nc1. The normalized spacial score (nSPS) is 15.0. The highest BCUT2D eigenvalue weighted by Gasteiger charge is 2.32. The molecule has 4 heterocycles. The van der Waals surface area contributed by atoms with Gasteiger partial charge in [-0.1, -0.05) is 17.7 Å². The van der Waals surface area contributed by atoms with E-state index >= 15 is 0 Å². The maximum absolute atomic E-state index is 13.2. The van der Waals surface area contributed by atoms with Gasteiger partial charge in [-0.15, -0.1) is 11.3 Å². The topological polar surface area (TPSA) is 110 Å². The van der Waals surface area contributed by atoms with Gasteiger partial charge in [0.15, 0.2) is 12.4 Å². The van der Waals surface area contributed by atoms with Gasteiger partial charge in [0, 0.05) is 65.5 Å². The lowest BCUT2D eigenvalue weighted by Gasteiger charge is -2.33. The highest BCUT2D eigenvalue weighted by atomic mass is 35.5. The molecule has 12 heteroatoms. The van der Waals surface area contributed by atoms with Gasteiger partial charge in [-0.25, -0.2) is 18.4 Å². The van der Waals surface area contributed by atoms with Gasteiger partial charge in [-0.3, -0.25) is 4.79 Å². The predicted octanol–water partition coefficient (Wildman–Crippen LogP) is 3.10. The molecule has 1 aliphatic heterocycles. The molecule has 4 aromatic rings. The van der Waals surface area contributed by atoms with E-state index < -0.39 is 10.0 Å². The number of aryl methyl sites for hydroxylation is 1. The molecule has 3 aromatic heterocycles. The largest absolute Gasteiger partial charge is 0.619 e. The summed E-state index contributed by atoms with van der Waals surface area (Å²) >= 11 is 7.21. The molecule has 180 valence electrons. The smallest absolute Gasteiger partial charge is 0.291 e. The fourth-order valence-electron chi connectivity index (χ4n) is 3.99. The molecular formula is C23H20ClN5O4S2. The first kappa shape index (κ1) is 23.6. The molecule has 0 atom stereocenters. The second kappa shape index (κ2) is 9.15. The molecule has 0 N–H and O–H groups in total. The summed E-state index contributed by atoms with van der Waals surface area (Å²) in [7, 11) is -3.68. The lowest BCUT2D eigenvalue weighted by Crippen LogP contribution is -2.50. The van der Waals surface area contributed by atoms with Crippen molar-refractivity contribution in [1.82, 2.24) is 19.2 Å². The first-order chi connectivity index (χ1) is 16.7. The molecule has 1 aliphatic rings. The maximum Gasteiger partial charge on any atom is 0.291 e. The number of pyridine rings is 1. The fraction of sp³-hybridized carbons (Fsp3) is 0.217. The maximum atomic E-state index is 13.2. The lowest BCUT2D eigenvalue weighted by molar-refractivity contribution is -0.605. The third-order valence-corrected chi connectivity index (χ3v) is 9.55. The Morgan fingerprint density at radius 3 is 2.51 bits per heavy atom. The number of hydrogen-bond acceptors (Lipinski definition) is 7. The second-order valence-corrected chi connectivity index (χ2v) is 11.8. The summed E-state index contributed by atoms with van der Waals surface area (Å²) in [6.45, 7) is 2.64. The number of aromatic nitrogens is 3. The van der Waals surface area contributed by atoms with Crippen molar-refractivity contribution in [1.29, 1.82) is 0 Å². The van der Waals surface area contributed by atoms with Gasteiger partial charge >= 0.3 is 0 Å². The summed E-state index contributed by atoms with van der Waals surface area (Å²) in [6.07, 6.45) is 5.94. The Balaban J connectivity index is 1.27. The monoisotopic (exact) mass is 529 g/mol. The molecule has 1 aromatic carbocycles. The van der Waals surface area contributed by atoms with Crippen molar-refractivity contribution >= 4 is 49.0 Å². The van der Waals surface area contributed by atoms with Crippen LogP contribution < -0.4 is 4.73 Å². The molecule has 0 saturated carbocycles. The number of carbonyl (C=O) groups excluding carboxylic acids is 1. The van der Waals surface area contributed by atoms with Crippen molar-refractivity contribution in [3.8, 4) is 11.1 Å². The average Bonchev–Trinajstić information content (AvgIpc) is 3.28. The average molecular weight is 530 g/mol. The van der Waals surface area contributed by atoms with Crippen LogP contribution in [0, 0.1) is 12.1 Å². The Kier molecular flexibility index (Phi) is 6.18. The van der Waals surface area contributed by atoms with E-state index in [-0.39, 0.29) is 42.1 Å².